The van der Waals surface area contributed by atoms with Gasteiger partial charge in [-0.25, -0.2) is 0 Å². The van der Waals surface area contributed by atoms with Crippen LogP contribution in [-0.2, 0) is 4.79 Å². The van der Waals surface area contributed by atoms with Crippen LogP contribution in [0.3, 0.4) is 0 Å². The second kappa shape index (κ2) is 7.06. The topological polar surface area (TPSA) is 84.3 Å². The van der Waals surface area contributed by atoms with Gasteiger partial charge in [0.05, 0.1) is 4.92 Å². The number of hydrogen-bond donors (Lipinski definition) is 2. The van der Waals surface area contributed by atoms with Crippen LogP contribution in [0.1, 0.15) is 20.3 Å². The van der Waals surface area contributed by atoms with Crippen molar-refractivity contribution in [3.05, 3.63) is 33.3 Å². The van der Waals surface area contributed by atoms with Gasteiger partial charge in [-0.2, -0.15) is 0 Å². The Bertz CT molecular complexity index is 479. The summed E-state index contributed by atoms with van der Waals surface area (Å²) in [5.41, 5.74) is 0.143. The monoisotopic (exact) mass is 285 g/mol. The number of rotatable bonds is 6. The van der Waals surface area contributed by atoms with Crippen LogP contribution in [0.4, 0.5) is 11.4 Å². The molecule has 0 aliphatic carbocycles. The largest absolute Gasteiger partial charge is 0.326 e. The standard InChI is InChI=1S/C12H16ClN3O3/c1-3-14-8(2)6-12(17)15-9-4-5-10(13)11(7-9)16(18)19/h4-5,7-8,14H,3,6H2,1-2H3,(H,15,17). The van der Waals surface area contributed by atoms with Gasteiger partial charge in [0.2, 0.25) is 5.91 Å². The average Bonchev–Trinajstić information content (AvgIpc) is 2.31. The summed E-state index contributed by atoms with van der Waals surface area (Å²) in [6.07, 6.45) is 0.296. The Balaban J connectivity index is 2.69. The van der Waals surface area contributed by atoms with Crippen LogP contribution >= 0.6 is 11.6 Å². The molecule has 0 aliphatic rings. The van der Waals surface area contributed by atoms with E-state index < -0.39 is 4.92 Å². The van der Waals surface area contributed by atoms with Gasteiger partial charge in [0.25, 0.3) is 5.69 Å². The van der Waals surface area contributed by atoms with Crippen LogP contribution in [0.5, 0.6) is 0 Å². The lowest BCUT2D eigenvalue weighted by atomic mass is 10.2. The lowest BCUT2D eigenvalue weighted by Gasteiger charge is -2.12. The zero-order valence-electron chi connectivity index (χ0n) is 10.8. The summed E-state index contributed by atoms with van der Waals surface area (Å²) in [5.74, 6) is -0.204. The highest BCUT2D eigenvalue weighted by atomic mass is 35.5. The van der Waals surface area contributed by atoms with Crippen LogP contribution in [0.15, 0.2) is 18.2 Å². The Labute approximate surface area is 116 Å². The third-order valence-electron chi connectivity index (χ3n) is 2.47. The van der Waals surface area contributed by atoms with Crippen molar-refractivity contribution in [2.24, 2.45) is 0 Å². The molecule has 0 bridgehead atoms. The second-order valence-electron chi connectivity index (χ2n) is 4.13. The molecule has 0 heterocycles. The lowest BCUT2D eigenvalue weighted by molar-refractivity contribution is -0.384. The first kappa shape index (κ1) is 15.4. The number of carbonyl (C=O) groups is 1. The van der Waals surface area contributed by atoms with Gasteiger partial charge in [0.15, 0.2) is 0 Å². The van der Waals surface area contributed by atoms with E-state index in [0.717, 1.165) is 6.54 Å². The molecule has 0 aromatic heterocycles. The first-order chi connectivity index (χ1) is 8.93. The number of benzene rings is 1. The van der Waals surface area contributed by atoms with E-state index in [1.807, 2.05) is 13.8 Å². The van der Waals surface area contributed by atoms with Crippen LogP contribution in [0, 0.1) is 10.1 Å². The molecular formula is C12H16ClN3O3. The minimum absolute atomic E-state index is 0.0454. The molecule has 0 saturated carbocycles. The van der Waals surface area contributed by atoms with Crippen LogP contribution < -0.4 is 10.6 Å². The summed E-state index contributed by atoms with van der Waals surface area (Å²) >= 11 is 5.69. The molecular weight excluding hydrogens is 270 g/mol. The van der Waals surface area contributed by atoms with E-state index in [1.165, 1.54) is 18.2 Å². The minimum Gasteiger partial charge on any atom is -0.326 e. The lowest BCUT2D eigenvalue weighted by Crippen LogP contribution is -2.30. The number of nitrogens with one attached hydrogen (secondary N) is 2. The minimum atomic E-state index is -0.584. The maximum Gasteiger partial charge on any atom is 0.289 e. The number of carbonyl (C=O) groups excluding carboxylic acids is 1. The molecule has 7 heteroatoms. The summed E-state index contributed by atoms with van der Waals surface area (Å²) in [6.45, 7) is 4.63. The third-order valence-corrected chi connectivity index (χ3v) is 2.79. The molecule has 104 valence electrons. The highest BCUT2D eigenvalue weighted by Crippen LogP contribution is 2.27. The number of hydrogen-bond acceptors (Lipinski definition) is 4. The molecule has 1 unspecified atom stereocenters. The average molecular weight is 286 g/mol. The quantitative estimate of drug-likeness (QED) is 0.621. The van der Waals surface area contributed by atoms with Crippen molar-refractivity contribution in [2.75, 3.05) is 11.9 Å². The van der Waals surface area contributed by atoms with Gasteiger partial charge < -0.3 is 10.6 Å². The molecule has 2 N–H and O–H groups in total. The number of halogens is 1. The molecule has 0 aliphatic heterocycles. The summed E-state index contributed by atoms with van der Waals surface area (Å²) < 4.78 is 0. The zero-order chi connectivity index (χ0) is 14.4. The van der Waals surface area contributed by atoms with Crippen LogP contribution in [0.2, 0.25) is 5.02 Å². The summed E-state index contributed by atoms with van der Waals surface area (Å²) in [6, 6.07) is 4.22. The van der Waals surface area contributed by atoms with Crippen LogP contribution in [-0.4, -0.2) is 23.4 Å². The number of nitro benzene ring substituents is 1. The Morgan fingerprint density at radius 3 is 2.79 bits per heavy atom. The SMILES string of the molecule is CCNC(C)CC(=O)Nc1ccc(Cl)c([N+](=O)[O-])c1. The van der Waals surface area contributed by atoms with E-state index in [9.17, 15) is 14.9 Å². The number of anilines is 1. The Morgan fingerprint density at radius 2 is 2.21 bits per heavy atom. The molecule has 1 aromatic rings. The summed E-state index contributed by atoms with van der Waals surface area (Å²) in [5, 5.41) is 16.5. The molecule has 0 radical (unpaired) electrons. The molecule has 1 amide bonds. The predicted molar refractivity (Wildman–Crippen MR) is 74.5 cm³/mol. The molecule has 1 rings (SSSR count). The molecule has 19 heavy (non-hydrogen) atoms. The fourth-order valence-corrected chi connectivity index (χ4v) is 1.83. The van der Waals surface area contributed by atoms with Crippen molar-refractivity contribution in [3.8, 4) is 0 Å². The van der Waals surface area contributed by atoms with E-state index in [-0.39, 0.29) is 22.7 Å². The molecule has 0 spiro atoms. The molecule has 1 atom stereocenters. The van der Waals surface area contributed by atoms with Crippen molar-refractivity contribution < 1.29 is 9.72 Å². The Kier molecular flexibility index (Phi) is 5.72. The predicted octanol–water partition coefficient (Wildman–Crippen LogP) is 2.57. The molecule has 0 saturated heterocycles. The van der Waals surface area contributed by atoms with Gasteiger partial charge in [-0.15, -0.1) is 0 Å². The highest BCUT2D eigenvalue weighted by molar-refractivity contribution is 6.32. The smallest absolute Gasteiger partial charge is 0.289 e. The van der Waals surface area contributed by atoms with Crippen molar-refractivity contribution in [2.45, 2.75) is 26.3 Å². The van der Waals surface area contributed by atoms with Crippen molar-refractivity contribution >= 4 is 28.9 Å². The zero-order valence-corrected chi connectivity index (χ0v) is 11.5. The third kappa shape index (κ3) is 4.84. The van der Waals surface area contributed by atoms with E-state index in [0.29, 0.717) is 12.1 Å². The number of nitrogens with zero attached hydrogens (tertiary/aromatic N) is 1. The van der Waals surface area contributed by atoms with Crippen molar-refractivity contribution in [3.63, 3.8) is 0 Å². The normalized spacial score (nSPS) is 11.9. The fraction of sp³-hybridized carbons (Fsp3) is 0.417. The van der Waals surface area contributed by atoms with Crippen molar-refractivity contribution in [1.82, 2.24) is 5.32 Å². The molecule has 6 nitrogen and oxygen atoms in total. The van der Waals surface area contributed by atoms with E-state index in [4.69, 9.17) is 11.6 Å². The fourth-order valence-electron chi connectivity index (χ4n) is 1.64. The van der Waals surface area contributed by atoms with Gasteiger partial charge in [0, 0.05) is 24.2 Å². The highest BCUT2D eigenvalue weighted by Gasteiger charge is 2.14. The Morgan fingerprint density at radius 1 is 1.53 bits per heavy atom. The molecule has 0 fully saturated rings. The van der Waals surface area contributed by atoms with Gasteiger partial charge in [-0.3, -0.25) is 14.9 Å². The molecule has 1 aromatic carbocycles. The van der Waals surface area contributed by atoms with Crippen molar-refractivity contribution in [1.29, 1.82) is 0 Å². The number of nitro groups is 1. The summed E-state index contributed by atoms with van der Waals surface area (Å²) in [4.78, 5) is 21.8. The second-order valence-corrected chi connectivity index (χ2v) is 4.54. The van der Waals surface area contributed by atoms with Gasteiger partial charge in [0.1, 0.15) is 5.02 Å². The van der Waals surface area contributed by atoms with E-state index in [2.05, 4.69) is 10.6 Å². The summed E-state index contributed by atoms with van der Waals surface area (Å²) in [7, 11) is 0. The van der Waals surface area contributed by atoms with Gasteiger partial charge >= 0.3 is 0 Å². The maximum atomic E-state index is 11.7. The Hall–Kier alpha value is -1.66. The number of amides is 1. The van der Waals surface area contributed by atoms with Gasteiger partial charge in [-0.05, 0) is 25.6 Å². The van der Waals surface area contributed by atoms with E-state index >= 15 is 0 Å². The maximum absolute atomic E-state index is 11.7. The van der Waals surface area contributed by atoms with Crippen LogP contribution in [0.25, 0.3) is 0 Å². The first-order valence-electron chi connectivity index (χ1n) is 5.91. The van der Waals surface area contributed by atoms with Gasteiger partial charge in [-0.1, -0.05) is 18.5 Å². The van der Waals surface area contributed by atoms with E-state index in [1.54, 1.807) is 0 Å². The first-order valence-corrected chi connectivity index (χ1v) is 6.29.